The first-order chi connectivity index (χ1) is 8.26. The molecule has 1 aromatic heterocycles. The molecule has 2 fully saturated rings. The quantitative estimate of drug-likeness (QED) is 0.864. The Balaban J connectivity index is 1.51. The maximum absolute atomic E-state index is 5.90. The highest BCUT2D eigenvalue weighted by molar-refractivity contribution is 4.96. The number of ether oxygens (including phenoxy) is 1. The fourth-order valence-electron chi connectivity index (χ4n) is 2.77. The summed E-state index contributed by atoms with van der Waals surface area (Å²) in [5.41, 5.74) is 0.195. The van der Waals surface area contributed by atoms with Gasteiger partial charge in [0.2, 0.25) is 5.89 Å². The first-order valence-electron chi connectivity index (χ1n) is 6.42. The molecule has 1 aliphatic heterocycles. The Hall–Kier alpha value is -0.940. The molecule has 0 aromatic carbocycles. The standard InChI is InChI=1S/C12H19N3O2/c1-9-14-11(17-15-9)8-13-10-3-6-16-12(7-10)4-2-5-12/h10,13H,2-8H2,1H3. The second-order valence-electron chi connectivity index (χ2n) is 5.19. The highest BCUT2D eigenvalue weighted by atomic mass is 16.5. The summed E-state index contributed by atoms with van der Waals surface area (Å²) in [4.78, 5) is 4.19. The average molecular weight is 237 g/mol. The maximum atomic E-state index is 5.90. The van der Waals surface area contributed by atoms with E-state index < -0.39 is 0 Å². The molecule has 0 radical (unpaired) electrons. The van der Waals surface area contributed by atoms with Crippen molar-refractivity contribution < 1.29 is 9.26 Å². The van der Waals surface area contributed by atoms with Crippen molar-refractivity contribution in [1.82, 2.24) is 15.5 Å². The third-order valence-corrected chi connectivity index (χ3v) is 3.87. The van der Waals surface area contributed by atoms with Crippen LogP contribution in [0.5, 0.6) is 0 Å². The summed E-state index contributed by atoms with van der Waals surface area (Å²) in [6.07, 6.45) is 5.97. The average Bonchev–Trinajstić information content (AvgIpc) is 2.71. The van der Waals surface area contributed by atoms with E-state index in [0.29, 0.717) is 24.3 Å². The molecule has 1 atom stereocenters. The Bertz CT molecular complexity index is 387. The highest BCUT2D eigenvalue weighted by Crippen LogP contribution is 2.42. The van der Waals surface area contributed by atoms with Crippen LogP contribution in [0.1, 0.15) is 43.8 Å². The van der Waals surface area contributed by atoms with Gasteiger partial charge >= 0.3 is 0 Å². The molecule has 3 rings (SSSR count). The summed E-state index contributed by atoms with van der Waals surface area (Å²) in [5.74, 6) is 1.38. The van der Waals surface area contributed by atoms with Gasteiger partial charge in [-0.15, -0.1) is 0 Å². The van der Waals surface area contributed by atoms with Gasteiger partial charge in [0.1, 0.15) is 0 Å². The van der Waals surface area contributed by atoms with Gasteiger partial charge in [-0.3, -0.25) is 0 Å². The lowest BCUT2D eigenvalue weighted by molar-refractivity contribution is -0.135. The van der Waals surface area contributed by atoms with Crippen molar-refractivity contribution in [3.8, 4) is 0 Å². The van der Waals surface area contributed by atoms with Crippen molar-refractivity contribution in [2.45, 2.75) is 57.2 Å². The predicted octanol–water partition coefficient (Wildman–Crippen LogP) is 1.57. The molecule has 1 unspecified atom stereocenters. The van der Waals surface area contributed by atoms with Crippen molar-refractivity contribution in [3.05, 3.63) is 11.7 Å². The molecule has 1 saturated carbocycles. The smallest absolute Gasteiger partial charge is 0.240 e. The molecule has 1 aliphatic carbocycles. The van der Waals surface area contributed by atoms with Crippen LogP contribution in [0.4, 0.5) is 0 Å². The van der Waals surface area contributed by atoms with Crippen molar-refractivity contribution in [1.29, 1.82) is 0 Å². The summed E-state index contributed by atoms with van der Waals surface area (Å²) in [5, 5.41) is 7.28. The molecule has 0 bridgehead atoms. The normalized spacial score (nSPS) is 27.0. The zero-order valence-electron chi connectivity index (χ0n) is 10.2. The number of hydrogen-bond donors (Lipinski definition) is 1. The minimum absolute atomic E-state index is 0.195. The number of aromatic nitrogens is 2. The van der Waals surface area contributed by atoms with Crippen molar-refractivity contribution >= 4 is 0 Å². The van der Waals surface area contributed by atoms with Crippen LogP contribution < -0.4 is 5.32 Å². The van der Waals surface area contributed by atoms with Gasteiger partial charge in [-0.2, -0.15) is 4.98 Å². The van der Waals surface area contributed by atoms with Gasteiger partial charge in [0, 0.05) is 12.6 Å². The molecule has 1 aromatic rings. The van der Waals surface area contributed by atoms with Crippen LogP contribution in [0.2, 0.25) is 0 Å². The third-order valence-electron chi connectivity index (χ3n) is 3.87. The lowest BCUT2D eigenvalue weighted by atomic mass is 9.74. The van der Waals surface area contributed by atoms with Gasteiger partial charge in [-0.05, 0) is 39.0 Å². The van der Waals surface area contributed by atoms with E-state index in [1.165, 1.54) is 19.3 Å². The summed E-state index contributed by atoms with van der Waals surface area (Å²) in [7, 11) is 0. The maximum Gasteiger partial charge on any atom is 0.240 e. The van der Waals surface area contributed by atoms with Gasteiger partial charge in [-0.1, -0.05) is 5.16 Å². The lowest BCUT2D eigenvalue weighted by Gasteiger charge is -2.47. The van der Waals surface area contributed by atoms with Gasteiger partial charge in [-0.25, -0.2) is 0 Å². The molecule has 0 amide bonds. The van der Waals surface area contributed by atoms with E-state index >= 15 is 0 Å². The van der Waals surface area contributed by atoms with Gasteiger partial charge in [0.25, 0.3) is 0 Å². The molecule has 1 saturated heterocycles. The van der Waals surface area contributed by atoms with Crippen LogP contribution in [0.15, 0.2) is 4.52 Å². The van der Waals surface area contributed by atoms with Crippen molar-refractivity contribution in [3.63, 3.8) is 0 Å². The van der Waals surface area contributed by atoms with Crippen LogP contribution >= 0.6 is 0 Å². The van der Waals surface area contributed by atoms with Gasteiger partial charge in [0.15, 0.2) is 5.82 Å². The van der Waals surface area contributed by atoms with E-state index in [2.05, 4.69) is 15.5 Å². The first-order valence-corrected chi connectivity index (χ1v) is 6.42. The second kappa shape index (κ2) is 4.38. The van der Waals surface area contributed by atoms with Crippen LogP contribution in [-0.4, -0.2) is 28.4 Å². The van der Waals surface area contributed by atoms with Crippen molar-refractivity contribution in [2.75, 3.05) is 6.61 Å². The fraction of sp³-hybridized carbons (Fsp3) is 0.833. The molecule has 5 nitrogen and oxygen atoms in total. The Morgan fingerprint density at radius 1 is 1.47 bits per heavy atom. The molecular formula is C12H19N3O2. The van der Waals surface area contributed by atoms with Gasteiger partial charge < -0.3 is 14.6 Å². The Morgan fingerprint density at radius 3 is 3.00 bits per heavy atom. The van der Waals surface area contributed by atoms with E-state index in [4.69, 9.17) is 9.26 Å². The number of nitrogens with one attached hydrogen (secondary N) is 1. The Morgan fingerprint density at radius 2 is 2.35 bits per heavy atom. The topological polar surface area (TPSA) is 60.2 Å². The second-order valence-corrected chi connectivity index (χ2v) is 5.19. The van der Waals surface area contributed by atoms with Crippen molar-refractivity contribution in [2.24, 2.45) is 0 Å². The highest BCUT2D eigenvalue weighted by Gasteiger charge is 2.42. The number of hydrogen-bond acceptors (Lipinski definition) is 5. The summed E-state index contributed by atoms with van der Waals surface area (Å²) < 4.78 is 11.0. The molecule has 17 heavy (non-hydrogen) atoms. The Kier molecular flexibility index (Phi) is 2.88. The molecule has 2 aliphatic rings. The van der Waals surface area contributed by atoms with Gasteiger partial charge in [0.05, 0.1) is 12.1 Å². The first kappa shape index (κ1) is 11.2. The number of rotatable bonds is 3. The fourth-order valence-corrected chi connectivity index (χ4v) is 2.77. The molecule has 2 heterocycles. The Labute approximate surface area is 101 Å². The summed E-state index contributed by atoms with van der Waals surface area (Å²) in [6, 6.07) is 0.524. The largest absolute Gasteiger partial charge is 0.375 e. The molecule has 5 heteroatoms. The van der Waals surface area contributed by atoms with E-state index in [1.54, 1.807) is 0 Å². The zero-order valence-corrected chi connectivity index (χ0v) is 10.2. The SMILES string of the molecule is Cc1noc(CNC2CCOC3(CCC3)C2)n1. The monoisotopic (exact) mass is 237 g/mol. The molecule has 94 valence electrons. The van der Waals surface area contributed by atoms with Crippen LogP contribution in [0.25, 0.3) is 0 Å². The lowest BCUT2D eigenvalue weighted by Crippen LogP contribution is -2.50. The van der Waals surface area contributed by atoms with Crippen LogP contribution in [0.3, 0.4) is 0 Å². The van der Waals surface area contributed by atoms with E-state index in [9.17, 15) is 0 Å². The van der Waals surface area contributed by atoms with Crippen LogP contribution in [-0.2, 0) is 11.3 Å². The number of nitrogens with zero attached hydrogens (tertiary/aromatic N) is 2. The van der Waals surface area contributed by atoms with E-state index in [0.717, 1.165) is 19.4 Å². The third kappa shape index (κ3) is 2.35. The summed E-state index contributed by atoms with van der Waals surface area (Å²) in [6.45, 7) is 3.38. The molecule has 1 N–H and O–H groups in total. The minimum Gasteiger partial charge on any atom is -0.375 e. The molecular weight excluding hydrogens is 218 g/mol. The zero-order chi connectivity index (χ0) is 11.7. The minimum atomic E-state index is 0.195. The van der Waals surface area contributed by atoms with E-state index in [1.807, 2.05) is 6.92 Å². The van der Waals surface area contributed by atoms with E-state index in [-0.39, 0.29) is 5.60 Å². The van der Waals surface area contributed by atoms with Crippen LogP contribution in [0, 0.1) is 6.92 Å². The molecule has 1 spiro atoms. The predicted molar refractivity (Wildman–Crippen MR) is 61.4 cm³/mol. The number of aryl methyl sites for hydroxylation is 1. The summed E-state index contributed by atoms with van der Waals surface area (Å²) >= 11 is 0.